The van der Waals surface area contributed by atoms with Crippen molar-refractivity contribution < 1.29 is 27.5 Å². The first kappa shape index (κ1) is 24.4. The number of piperidine rings is 1. The van der Waals surface area contributed by atoms with Crippen molar-refractivity contribution in [2.45, 2.75) is 19.4 Å². The maximum atomic E-state index is 13.5. The van der Waals surface area contributed by atoms with Gasteiger partial charge in [0.1, 0.15) is 0 Å². The van der Waals surface area contributed by atoms with Crippen molar-refractivity contribution in [3.63, 3.8) is 0 Å². The average Bonchev–Trinajstić information content (AvgIpc) is 2.81. The fourth-order valence-electron chi connectivity index (χ4n) is 3.91. The largest absolute Gasteiger partial charge is 0.493 e. The smallest absolute Gasteiger partial charge is 0.256 e. The molecule has 2 N–H and O–H groups in total. The van der Waals surface area contributed by atoms with Crippen LogP contribution in [0.2, 0.25) is 0 Å². The molecule has 1 aliphatic rings. The lowest BCUT2D eigenvalue weighted by molar-refractivity contribution is -0.123. The number of ether oxygens (including phenoxy) is 2. The molecule has 3 rings (SSSR count). The summed E-state index contributed by atoms with van der Waals surface area (Å²) in [5.41, 5.74) is 6.54. The molecule has 1 saturated heterocycles. The number of methoxy groups -OCH3 is 2. The van der Waals surface area contributed by atoms with Gasteiger partial charge in [0, 0.05) is 25.1 Å². The van der Waals surface area contributed by atoms with Crippen molar-refractivity contribution in [3.8, 4) is 11.5 Å². The Labute approximate surface area is 194 Å². The zero-order chi connectivity index (χ0) is 24.2. The predicted molar refractivity (Wildman–Crippen MR) is 125 cm³/mol. The molecule has 2 aromatic rings. The van der Waals surface area contributed by atoms with Crippen LogP contribution in [0.5, 0.6) is 11.5 Å². The van der Waals surface area contributed by atoms with Gasteiger partial charge in [0.2, 0.25) is 15.9 Å². The van der Waals surface area contributed by atoms with E-state index in [4.69, 9.17) is 15.2 Å². The van der Waals surface area contributed by atoms with E-state index in [9.17, 15) is 18.0 Å². The molecule has 9 nitrogen and oxygen atoms in total. The molecule has 0 saturated carbocycles. The van der Waals surface area contributed by atoms with Crippen LogP contribution >= 0.6 is 0 Å². The minimum Gasteiger partial charge on any atom is -0.493 e. The molecule has 0 bridgehead atoms. The van der Waals surface area contributed by atoms with Crippen molar-refractivity contribution in [1.82, 2.24) is 4.90 Å². The van der Waals surface area contributed by atoms with Gasteiger partial charge in [0.05, 0.1) is 38.3 Å². The molecule has 178 valence electrons. The van der Waals surface area contributed by atoms with Crippen LogP contribution in [0.1, 0.15) is 28.8 Å². The lowest BCUT2D eigenvalue weighted by Crippen LogP contribution is -2.42. The van der Waals surface area contributed by atoms with Crippen LogP contribution in [0.4, 0.5) is 5.69 Å². The number of likely N-dealkylation sites (tertiary alicyclic amines) is 1. The van der Waals surface area contributed by atoms with Gasteiger partial charge in [-0.15, -0.1) is 0 Å². The second-order valence-corrected chi connectivity index (χ2v) is 9.86. The summed E-state index contributed by atoms with van der Waals surface area (Å²) in [5, 5.41) is 0. The van der Waals surface area contributed by atoms with E-state index in [1.165, 1.54) is 30.7 Å². The van der Waals surface area contributed by atoms with Crippen LogP contribution in [0.15, 0.2) is 42.5 Å². The Morgan fingerprint density at radius 2 is 1.64 bits per heavy atom. The number of nitrogens with two attached hydrogens (primary N) is 1. The molecule has 1 heterocycles. The van der Waals surface area contributed by atoms with Crippen LogP contribution in [0.25, 0.3) is 0 Å². The van der Waals surface area contributed by atoms with E-state index in [0.29, 0.717) is 37.4 Å². The first-order valence-electron chi connectivity index (χ1n) is 10.5. The fraction of sp³-hybridized carbons (Fsp3) is 0.391. The Morgan fingerprint density at radius 3 is 2.15 bits per heavy atom. The zero-order valence-corrected chi connectivity index (χ0v) is 19.8. The van der Waals surface area contributed by atoms with Crippen LogP contribution in [-0.2, 0) is 21.4 Å². The summed E-state index contributed by atoms with van der Waals surface area (Å²) >= 11 is 0. The SMILES string of the molecule is COc1cc(C(=O)N2CCC(C(N)=O)CC2)c(N(Cc2ccccc2)S(C)(=O)=O)cc1OC. The lowest BCUT2D eigenvalue weighted by Gasteiger charge is -2.32. The van der Waals surface area contributed by atoms with E-state index in [1.807, 2.05) is 30.3 Å². The number of amides is 2. The van der Waals surface area contributed by atoms with Gasteiger partial charge in [-0.1, -0.05) is 30.3 Å². The molecular formula is C23H29N3O6S. The van der Waals surface area contributed by atoms with Crippen LogP contribution in [-0.4, -0.2) is 58.7 Å². The summed E-state index contributed by atoms with van der Waals surface area (Å²) in [6, 6.07) is 12.1. The van der Waals surface area contributed by atoms with Gasteiger partial charge >= 0.3 is 0 Å². The Kier molecular flexibility index (Phi) is 7.47. The third-order valence-electron chi connectivity index (χ3n) is 5.75. The minimum atomic E-state index is -3.76. The molecule has 1 fully saturated rings. The minimum absolute atomic E-state index is 0.0409. The number of benzene rings is 2. The standard InChI is InChI=1S/C23H29N3O6S/c1-31-20-13-18(23(28)25-11-9-17(10-12-25)22(24)27)19(14-21(20)32-2)26(33(3,29)30)15-16-7-5-4-6-8-16/h4-8,13-14,17H,9-12,15H2,1-3H3,(H2,24,27). The molecule has 33 heavy (non-hydrogen) atoms. The molecule has 0 aliphatic carbocycles. The van der Waals surface area contributed by atoms with Crippen LogP contribution in [0, 0.1) is 5.92 Å². The summed E-state index contributed by atoms with van der Waals surface area (Å²) in [6.07, 6.45) is 2.02. The van der Waals surface area contributed by atoms with Gasteiger partial charge in [-0.3, -0.25) is 13.9 Å². The molecule has 0 spiro atoms. The summed E-state index contributed by atoms with van der Waals surface area (Å²) in [7, 11) is -0.871. The Morgan fingerprint density at radius 1 is 1.06 bits per heavy atom. The number of carbonyl (C=O) groups excluding carboxylic acids is 2. The third kappa shape index (κ3) is 5.57. The van der Waals surface area contributed by atoms with Gasteiger partial charge in [-0.05, 0) is 24.5 Å². The fourth-order valence-corrected chi connectivity index (χ4v) is 4.81. The molecular weight excluding hydrogens is 446 g/mol. The average molecular weight is 476 g/mol. The second-order valence-electron chi connectivity index (χ2n) is 7.95. The van der Waals surface area contributed by atoms with Gasteiger partial charge in [0.15, 0.2) is 11.5 Å². The molecule has 0 unspecified atom stereocenters. The van der Waals surface area contributed by atoms with Crippen LogP contribution < -0.4 is 19.5 Å². The van der Waals surface area contributed by atoms with Crippen molar-refractivity contribution in [2.24, 2.45) is 11.7 Å². The number of carbonyl (C=O) groups is 2. The molecule has 10 heteroatoms. The van der Waals surface area contributed by atoms with Gasteiger partial charge < -0.3 is 20.1 Å². The number of hydrogen-bond donors (Lipinski definition) is 1. The van der Waals surface area contributed by atoms with E-state index < -0.39 is 10.0 Å². The van der Waals surface area contributed by atoms with Crippen molar-refractivity contribution in [1.29, 1.82) is 0 Å². The first-order chi connectivity index (χ1) is 15.7. The highest BCUT2D eigenvalue weighted by molar-refractivity contribution is 7.92. The highest BCUT2D eigenvalue weighted by atomic mass is 32.2. The summed E-state index contributed by atoms with van der Waals surface area (Å²) in [4.78, 5) is 26.6. The van der Waals surface area contributed by atoms with Crippen molar-refractivity contribution >= 4 is 27.5 Å². The third-order valence-corrected chi connectivity index (χ3v) is 6.88. The quantitative estimate of drug-likeness (QED) is 0.624. The highest BCUT2D eigenvalue weighted by Crippen LogP contribution is 2.38. The van der Waals surface area contributed by atoms with Gasteiger partial charge in [0.25, 0.3) is 5.91 Å². The molecule has 1 aliphatic heterocycles. The van der Waals surface area contributed by atoms with Gasteiger partial charge in [-0.25, -0.2) is 8.42 Å². The summed E-state index contributed by atoms with van der Waals surface area (Å²) in [6.45, 7) is 0.731. The van der Waals surface area contributed by atoms with Crippen LogP contribution in [0.3, 0.4) is 0 Å². The Bertz CT molecular complexity index is 1110. The number of primary amides is 1. The lowest BCUT2D eigenvalue weighted by atomic mass is 9.95. The van der Waals surface area contributed by atoms with E-state index >= 15 is 0 Å². The van der Waals surface area contributed by atoms with Crippen molar-refractivity contribution in [3.05, 3.63) is 53.6 Å². The first-order valence-corrected chi connectivity index (χ1v) is 12.4. The number of hydrogen-bond acceptors (Lipinski definition) is 6. The number of rotatable bonds is 8. The number of anilines is 1. The molecule has 0 radical (unpaired) electrons. The molecule has 2 amide bonds. The Balaban J connectivity index is 2.07. The normalized spacial score (nSPS) is 14.6. The number of nitrogens with zero attached hydrogens (tertiary/aromatic N) is 2. The van der Waals surface area contributed by atoms with E-state index in [0.717, 1.165) is 11.8 Å². The second kappa shape index (κ2) is 10.1. The maximum Gasteiger partial charge on any atom is 0.256 e. The topological polar surface area (TPSA) is 119 Å². The van der Waals surface area contributed by atoms with Gasteiger partial charge in [-0.2, -0.15) is 0 Å². The number of sulfonamides is 1. The predicted octanol–water partition coefficient (Wildman–Crippen LogP) is 2.01. The van der Waals surface area contributed by atoms with E-state index in [-0.39, 0.29) is 35.5 Å². The molecule has 2 aromatic carbocycles. The summed E-state index contributed by atoms with van der Waals surface area (Å²) < 4.78 is 37.6. The highest BCUT2D eigenvalue weighted by Gasteiger charge is 2.31. The van der Waals surface area contributed by atoms with Crippen molar-refractivity contribution in [2.75, 3.05) is 37.9 Å². The summed E-state index contributed by atoms with van der Waals surface area (Å²) in [5.74, 6) is -0.386. The molecule has 0 aromatic heterocycles. The Hall–Kier alpha value is -3.27. The zero-order valence-electron chi connectivity index (χ0n) is 19.0. The monoisotopic (exact) mass is 475 g/mol. The maximum absolute atomic E-state index is 13.5. The molecule has 0 atom stereocenters. The van der Waals surface area contributed by atoms with E-state index in [2.05, 4.69) is 0 Å². The van der Waals surface area contributed by atoms with E-state index in [1.54, 1.807) is 4.90 Å².